The summed E-state index contributed by atoms with van der Waals surface area (Å²) >= 11 is -1.97. The van der Waals surface area contributed by atoms with Crippen molar-refractivity contribution >= 4 is 34.1 Å². The molecule has 34 heavy (non-hydrogen) atoms. The normalized spacial score (nSPS) is 12.6. The van der Waals surface area contributed by atoms with E-state index in [9.17, 15) is 22.9 Å². The number of amidine groups is 1. The van der Waals surface area contributed by atoms with Crippen LogP contribution in [0.4, 0.5) is 14.5 Å². The van der Waals surface area contributed by atoms with Crippen LogP contribution >= 0.6 is 0 Å². The summed E-state index contributed by atoms with van der Waals surface area (Å²) in [6, 6.07) is 14.0. The highest BCUT2D eigenvalue weighted by Gasteiger charge is 2.19. The summed E-state index contributed by atoms with van der Waals surface area (Å²) < 4.78 is 45.9. The Morgan fingerprint density at radius 2 is 1.85 bits per heavy atom. The van der Waals surface area contributed by atoms with E-state index in [1.165, 1.54) is 43.3 Å². The van der Waals surface area contributed by atoms with Gasteiger partial charge in [0.2, 0.25) is 11.1 Å². The molecule has 0 saturated carbocycles. The maximum absolute atomic E-state index is 14.8. The molecule has 0 aliphatic heterocycles. The number of amides is 1. The van der Waals surface area contributed by atoms with Crippen LogP contribution in [0.2, 0.25) is 0 Å². The highest BCUT2D eigenvalue weighted by Crippen LogP contribution is 2.31. The van der Waals surface area contributed by atoms with E-state index in [1.54, 1.807) is 18.2 Å². The van der Waals surface area contributed by atoms with Crippen LogP contribution in [0.5, 0.6) is 5.75 Å². The van der Waals surface area contributed by atoms with E-state index in [0.29, 0.717) is 11.1 Å². The molecule has 3 rings (SSSR count). The second-order valence-corrected chi connectivity index (χ2v) is 8.16. The minimum Gasteiger partial charge on any atom is -0.507 e. The van der Waals surface area contributed by atoms with Gasteiger partial charge in [-0.15, -0.1) is 0 Å². The molecule has 0 radical (unpaired) electrons. The predicted molar refractivity (Wildman–Crippen MR) is 125 cm³/mol. The average Bonchev–Trinajstić information content (AvgIpc) is 2.83. The standard InChI is InChI=1S/C23H20F2N4O4S/c1-12(16-10-14(22(26)27)7-9-19(16)30)21(25)23(31)29-18-8-6-13(11-17(18)24)15-4-2-3-5-20(15)34(32)33-28/h2-11,30H,28H2,1H3,(H3,26,27)(H,29,31). The van der Waals surface area contributed by atoms with E-state index < -0.39 is 28.6 Å². The van der Waals surface area contributed by atoms with Crippen LogP contribution in [0.15, 0.2) is 71.4 Å². The second-order valence-electron chi connectivity index (χ2n) is 7.06. The van der Waals surface area contributed by atoms with E-state index in [1.807, 2.05) is 0 Å². The molecule has 0 heterocycles. The Labute approximate surface area is 196 Å². The summed E-state index contributed by atoms with van der Waals surface area (Å²) in [5, 5.41) is 19.6. The van der Waals surface area contributed by atoms with Crippen molar-refractivity contribution in [1.29, 1.82) is 5.41 Å². The van der Waals surface area contributed by atoms with Crippen molar-refractivity contribution < 1.29 is 27.2 Å². The number of allylic oxidation sites excluding steroid dienone is 1. The smallest absolute Gasteiger partial charge is 0.284 e. The summed E-state index contributed by atoms with van der Waals surface area (Å²) in [7, 11) is 0. The van der Waals surface area contributed by atoms with Gasteiger partial charge in [-0.3, -0.25) is 10.2 Å². The fraction of sp³-hybridized carbons (Fsp3) is 0.0435. The number of hydrogen-bond acceptors (Lipinski definition) is 6. The lowest BCUT2D eigenvalue weighted by Crippen LogP contribution is -2.15. The van der Waals surface area contributed by atoms with Gasteiger partial charge in [-0.1, -0.05) is 24.3 Å². The summed E-state index contributed by atoms with van der Waals surface area (Å²) in [6.07, 6.45) is 0. The number of rotatable bonds is 7. The van der Waals surface area contributed by atoms with Crippen LogP contribution in [0.25, 0.3) is 16.7 Å². The Hall–Kier alpha value is -3.93. The maximum atomic E-state index is 14.8. The van der Waals surface area contributed by atoms with Crippen molar-refractivity contribution in [3.05, 3.63) is 83.4 Å². The molecular formula is C23H20F2N4O4S. The molecule has 176 valence electrons. The number of benzene rings is 3. The molecule has 1 amide bonds. The molecule has 0 aliphatic rings. The third-order valence-electron chi connectivity index (χ3n) is 4.92. The molecule has 1 atom stereocenters. The van der Waals surface area contributed by atoms with Gasteiger partial charge in [0.15, 0.2) is 5.83 Å². The van der Waals surface area contributed by atoms with Crippen molar-refractivity contribution in [3.63, 3.8) is 0 Å². The van der Waals surface area contributed by atoms with E-state index >= 15 is 0 Å². The third kappa shape index (κ3) is 5.17. The number of nitrogens with two attached hydrogens (primary N) is 2. The Morgan fingerprint density at radius 1 is 1.15 bits per heavy atom. The lowest BCUT2D eigenvalue weighted by Gasteiger charge is -2.12. The van der Waals surface area contributed by atoms with Gasteiger partial charge in [-0.2, -0.15) is 10.2 Å². The van der Waals surface area contributed by atoms with Crippen molar-refractivity contribution in [2.45, 2.75) is 11.8 Å². The van der Waals surface area contributed by atoms with Gasteiger partial charge in [0, 0.05) is 22.3 Å². The number of carbonyl (C=O) groups is 1. The molecule has 1 unspecified atom stereocenters. The zero-order chi connectivity index (χ0) is 25.0. The molecule has 0 spiro atoms. The van der Waals surface area contributed by atoms with Gasteiger partial charge in [-0.05, 0) is 48.9 Å². The molecular weight excluding hydrogens is 466 g/mol. The zero-order valence-corrected chi connectivity index (χ0v) is 18.6. The first-order valence-electron chi connectivity index (χ1n) is 9.67. The number of phenols is 1. The number of nitrogen functional groups attached to an aromatic ring is 1. The number of halogens is 2. The molecule has 0 aromatic heterocycles. The lowest BCUT2D eigenvalue weighted by atomic mass is 10.0. The first-order chi connectivity index (χ1) is 16.1. The van der Waals surface area contributed by atoms with Crippen LogP contribution in [0.1, 0.15) is 18.1 Å². The van der Waals surface area contributed by atoms with Crippen LogP contribution in [-0.2, 0) is 20.2 Å². The third-order valence-corrected chi connectivity index (χ3v) is 5.81. The number of hydrogen-bond donors (Lipinski definition) is 5. The molecule has 8 nitrogen and oxygen atoms in total. The molecule has 7 N–H and O–H groups in total. The quantitative estimate of drug-likeness (QED) is 0.149. The first kappa shape index (κ1) is 24.7. The van der Waals surface area contributed by atoms with Crippen LogP contribution < -0.4 is 16.9 Å². The molecule has 11 heteroatoms. The Morgan fingerprint density at radius 3 is 2.50 bits per heavy atom. The van der Waals surface area contributed by atoms with Crippen molar-refractivity contribution in [1.82, 2.24) is 0 Å². The topological polar surface area (TPSA) is 152 Å². The fourth-order valence-electron chi connectivity index (χ4n) is 3.16. The monoisotopic (exact) mass is 486 g/mol. The lowest BCUT2D eigenvalue weighted by molar-refractivity contribution is -0.114. The summed E-state index contributed by atoms with van der Waals surface area (Å²) in [5.74, 6) is 0.998. The zero-order valence-electron chi connectivity index (χ0n) is 17.8. The van der Waals surface area contributed by atoms with Crippen LogP contribution in [0.3, 0.4) is 0 Å². The Bertz CT molecular complexity index is 1340. The summed E-state index contributed by atoms with van der Waals surface area (Å²) in [5.41, 5.74) is 5.80. The first-order valence-corrected chi connectivity index (χ1v) is 10.7. The van der Waals surface area contributed by atoms with Gasteiger partial charge in [0.25, 0.3) is 5.91 Å². The fourth-order valence-corrected chi connectivity index (χ4v) is 3.81. The van der Waals surface area contributed by atoms with Crippen molar-refractivity contribution in [2.24, 2.45) is 11.6 Å². The molecule has 0 fully saturated rings. The number of aromatic hydroxyl groups is 1. The van der Waals surface area contributed by atoms with Crippen molar-refractivity contribution in [3.8, 4) is 16.9 Å². The number of nitrogens with one attached hydrogen (secondary N) is 2. The largest absolute Gasteiger partial charge is 0.507 e. The Kier molecular flexibility index (Phi) is 7.51. The molecule has 3 aromatic rings. The number of anilines is 1. The predicted octanol–water partition coefficient (Wildman–Crippen LogP) is 3.73. The van der Waals surface area contributed by atoms with Crippen LogP contribution in [-0.4, -0.2) is 21.1 Å². The van der Waals surface area contributed by atoms with E-state index in [0.717, 1.165) is 6.07 Å². The minimum absolute atomic E-state index is 0.0390. The summed E-state index contributed by atoms with van der Waals surface area (Å²) in [6.45, 7) is 1.25. The van der Waals surface area contributed by atoms with E-state index in [2.05, 4.69) is 9.60 Å². The highest BCUT2D eigenvalue weighted by atomic mass is 32.2. The summed E-state index contributed by atoms with van der Waals surface area (Å²) in [4.78, 5) is 12.6. The minimum atomic E-state index is -1.97. The SMILES string of the molecule is CC(=C(F)C(=O)Nc1ccc(-c2ccccc2S(=O)ON)cc1F)c1cc(C(=N)N)ccc1O. The molecule has 0 bridgehead atoms. The van der Waals surface area contributed by atoms with Gasteiger partial charge >= 0.3 is 0 Å². The van der Waals surface area contributed by atoms with Crippen LogP contribution in [0, 0.1) is 11.2 Å². The van der Waals surface area contributed by atoms with Gasteiger partial charge < -0.3 is 16.2 Å². The van der Waals surface area contributed by atoms with Gasteiger partial charge in [0.1, 0.15) is 17.4 Å². The molecule has 3 aromatic carbocycles. The van der Waals surface area contributed by atoms with Gasteiger partial charge in [0.05, 0.1) is 10.6 Å². The average molecular weight is 487 g/mol. The van der Waals surface area contributed by atoms with Crippen molar-refractivity contribution in [2.75, 3.05) is 5.32 Å². The van der Waals surface area contributed by atoms with E-state index in [4.69, 9.17) is 17.0 Å². The second kappa shape index (κ2) is 10.3. The molecule has 0 aliphatic carbocycles. The van der Waals surface area contributed by atoms with Gasteiger partial charge in [-0.25, -0.2) is 13.0 Å². The van der Waals surface area contributed by atoms with E-state index in [-0.39, 0.29) is 38.9 Å². The molecule has 0 saturated heterocycles. The Balaban J connectivity index is 1.90. The number of phenolic OH excluding ortho intramolecular Hbond substituents is 1. The highest BCUT2D eigenvalue weighted by molar-refractivity contribution is 7.80. The maximum Gasteiger partial charge on any atom is 0.284 e. The number of carbonyl (C=O) groups excluding carboxylic acids is 1.